The summed E-state index contributed by atoms with van der Waals surface area (Å²) in [5.74, 6) is 0.798. The van der Waals surface area contributed by atoms with Gasteiger partial charge in [-0.15, -0.1) is 0 Å². The summed E-state index contributed by atoms with van der Waals surface area (Å²) in [6.07, 6.45) is 2.73. The molecule has 2 aliphatic rings. The summed E-state index contributed by atoms with van der Waals surface area (Å²) in [7, 11) is 0. The molecule has 0 unspecified atom stereocenters. The molecule has 9 nitrogen and oxygen atoms in total. The van der Waals surface area contributed by atoms with Crippen LogP contribution >= 0.6 is 23.2 Å². The molecular weight excluding hydrogens is 561 g/mol. The number of nitrogens with two attached hydrogens (primary N) is 2. The normalized spacial score (nSPS) is 18.7. The molecule has 2 saturated heterocycles. The van der Waals surface area contributed by atoms with Crippen molar-refractivity contribution >= 4 is 52.3 Å². The fourth-order valence-electron chi connectivity index (χ4n) is 5.90. The van der Waals surface area contributed by atoms with Crippen LogP contribution in [0.25, 0.3) is 28.0 Å². The molecule has 2 aromatic heterocycles. The molecule has 0 saturated carbocycles. The minimum Gasteiger partial charge on any atom is -0.369 e. The summed E-state index contributed by atoms with van der Waals surface area (Å²) in [4.78, 5) is 33.9. The fraction of sp³-hybridized carbons (Fsp3) is 0.333. The highest BCUT2D eigenvalue weighted by atomic mass is 35.5. The van der Waals surface area contributed by atoms with Crippen molar-refractivity contribution in [2.75, 3.05) is 29.4 Å². The first-order valence-electron chi connectivity index (χ1n) is 13.7. The van der Waals surface area contributed by atoms with Crippen molar-refractivity contribution in [1.82, 2.24) is 14.6 Å². The van der Waals surface area contributed by atoms with Crippen LogP contribution in [0, 0.1) is 5.41 Å². The lowest BCUT2D eigenvalue weighted by molar-refractivity contribution is -0.127. The van der Waals surface area contributed by atoms with Crippen molar-refractivity contribution < 1.29 is 9.59 Å². The van der Waals surface area contributed by atoms with Crippen LogP contribution in [0.15, 0.2) is 54.6 Å². The smallest absolute Gasteiger partial charge is 0.240 e. The van der Waals surface area contributed by atoms with Crippen LogP contribution in [0.2, 0.25) is 10.0 Å². The maximum atomic E-state index is 12.4. The van der Waals surface area contributed by atoms with E-state index in [2.05, 4.69) is 4.90 Å². The minimum absolute atomic E-state index is 0.288. The van der Waals surface area contributed by atoms with E-state index in [0.29, 0.717) is 66.1 Å². The standard InChI is InChI=1S/C30H31Cl2N7O2/c1-30(29(34)41)12-15-37(16-13-30)24-17-23(38-14-4-7-22(38)27(33)40)35-28-25(18-8-10-19(31)11-9-18)26(36-39(24)28)20-5-2-3-6-21(20)32/h2-3,5-6,8-11,17,22H,4,7,12-16H2,1H3,(H2,33,40)(H2,34,41)/t22-/m0/s1. The number of fused-ring (bicyclic) bond motifs is 1. The lowest BCUT2D eigenvalue weighted by Crippen LogP contribution is -2.46. The van der Waals surface area contributed by atoms with Crippen LogP contribution in [-0.2, 0) is 9.59 Å². The van der Waals surface area contributed by atoms with Gasteiger partial charge in [-0.3, -0.25) is 9.59 Å². The van der Waals surface area contributed by atoms with Crippen LogP contribution in [0.5, 0.6) is 0 Å². The number of primary amides is 2. The highest BCUT2D eigenvalue weighted by Crippen LogP contribution is 2.41. The first kappa shape index (κ1) is 27.4. The molecule has 41 heavy (non-hydrogen) atoms. The van der Waals surface area contributed by atoms with Crippen LogP contribution in [0.4, 0.5) is 11.6 Å². The summed E-state index contributed by atoms with van der Waals surface area (Å²) in [6.45, 7) is 3.80. The lowest BCUT2D eigenvalue weighted by atomic mass is 9.80. The largest absolute Gasteiger partial charge is 0.369 e. The quantitative estimate of drug-likeness (QED) is 0.328. The van der Waals surface area contributed by atoms with E-state index >= 15 is 0 Å². The Hall–Kier alpha value is -3.82. The predicted octanol–water partition coefficient (Wildman–Crippen LogP) is 4.92. The van der Waals surface area contributed by atoms with Gasteiger partial charge in [0.15, 0.2) is 5.65 Å². The van der Waals surface area contributed by atoms with Crippen molar-refractivity contribution in [2.24, 2.45) is 16.9 Å². The summed E-state index contributed by atoms with van der Waals surface area (Å²) < 4.78 is 1.84. The average molecular weight is 593 g/mol. The molecule has 4 N–H and O–H groups in total. The Kier molecular flexibility index (Phi) is 7.03. The van der Waals surface area contributed by atoms with E-state index in [1.807, 2.05) is 70.9 Å². The maximum absolute atomic E-state index is 12.4. The van der Waals surface area contributed by atoms with E-state index in [9.17, 15) is 9.59 Å². The van der Waals surface area contributed by atoms with Gasteiger partial charge < -0.3 is 21.3 Å². The number of aromatic nitrogens is 3. The summed E-state index contributed by atoms with van der Waals surface area (Å²) >= 11 is 13.0. The molecule has 1 atom stereocenters. The summed E-state index contributed by atoms with van der Waals surface area (Å²) in [5, 5.41) is 6.29. The number of hydrogen-bond acceptors (Lipinski definition) is 6. The Morgan fingerprint density at radius 2 is 1.71 bits per heavy atom. The van der Waals surface area contributed by atoms with Crippen molar-refractivity contribution in [3.05, 3.63) is 64.6 Å². The van der Waals surface area contributed by atoms with Crippen LogP contribution < -0.4 is 21.3 Å². The number of carbonyl (C=O) groups is 2. The van der Waals surface area contributed by atoms with Crippen LogP contribution in [0.3, 0.4) is 0 Å². The molecule has 2 fully saturated rings. The van der Waals surface area contributed by atoms with Crippen molar-refractivity contribution in [3.8, 4) is 22.4 Å². The van der Waals surface area contributed by atoms with E-state index in [1.54, 1.807) is 0 Å². The van der Waals surface area contributed by atoms with Gasteiger partial charge in [0.25, 0.3) is 0 Å². The zero-order valence-corrected chi connectivity index (χ0v) is 24.2. The molecule has 0 radical (unpaired) electrons. The van der Waals surface area contributed by atoms with Crippen LogP contribution in [-0.4, -0.2) is 52.1 Å². The Morgan fingerprint density at radius 3 is 2.37 bits per heavy atom. The molecule has 0 aliphatic carbocycles. The number of hydrogen-bond donors (Lipinski definition) is 2. The molecule has 4 heterocycles. The number of halogens is 2. The van der Waals surface area contributed by atoms with Gasteiger partial charge in [0.1, 0.15) is 23.4 Å². The monoisotopic (exact) mass is 591 g/mol. The van der Waals surface area contributed by atoms with Gasteiger partial charge in [0.2, 0.25) is 11.8 Å². The maximum Gasteiger partial charge on any atom is 0.240 e. The topological polar surface area (TPSA) is 123 Å². The third-order valence-corrected chi connectivity index (χ3v) is 9.06. The third kappa shape index (κ3) is 4.87. The Balaban J connectivity index is 1.60. The molecule has 2 amide bonds. The number of nitrogens with zero attached hydrogens (tertiary/aromatic N) is 5. The third-order valence-electron chi connectivity index (χ3n) is 8.48. The van der Waals surface area contributed by atoms with Gasteiger partial charge in [-0.25, -0.2) is 4.98 Å². The van der Waals surface area contributed by atoms with Crippen molar-refractivity contribution in [3.63, 3.8) is 0 Å². The highest BCUT2D eigenvalue weighted by Gasteiger charge is 2.37. The molecule has 2 aliphatic heterocycles. The van der Waals surface area contributed by atoms with E-state index in [-0.39, 0.29) is 11.8 Å². The Bertz CT molecular complexity index is 1640. The van der Waals surface area contributed by atoms with Gasteiger partial charge in [0, 0.05) is 41.7 Å². The van der Waals surface area contributed by atoms with Crippen molar-refractivity contribution in [2.45, 2.75) is 38.6 Å². The van der Waals surface area contributed by atoms with Gasteiger partial charge in [-0.2, -0.15) is 9.61 Å². The molecular formula is C30H31Cl2N7O2. The first-order chi connectivity index (χ1) is 19.7. The second-order valence-corrected chi connectivity index (χ2v) is 11.9. The zero-order valence-electron chi connectivity index (χ0n) is 22.7. The zero-order chi connectivity index (χ0) is 28.9. The lowest BCUT2D eigenvalue weighted by Gasteiger charge is -2.38. The van der Waals surface area contributed by atoms with E-state index in [4.69, 9.17) is 44.8 Å². The minimum atomic E-state index is -0.571. The molecule has 11 heteroatoms. The van der Waals surface area contributed by atoms with Gasteiger partial charge in [0.05, 0.1) is 10.6 Å². The van der Waals surface area contributed by atoms with Gasteiger partial charge >= 0.3 is 0 Å². The molecule has 4 aromatic rings. The Morgan fingerprint density at radius 1 is 1.00 bits per heavy atom. The summed E-state index contributed by atoms with van der Waals surface area (Å²) in [5.41, 5.74) is 14.7. The predicted molar refractivity (Wildman–Crippen MR) is 162 cm³/mol. The van der Waals surface area contributed by atoms with E-state index in [1.165, 1.54) is 0 Å². The van der Waals surface area contributed by atoms with Gasteiger partial charge in [-0.1, -0.05) is 60.5 Å². The number of rotatable bonds is 6. The molecule has 0 spiro atoms. The van der Waals surface area contributed by atoms with E-state index < -0.39 is 11.5 Å². The highest BCUT2D eigenvalue weighted by molar-refractivity contribution is 6.33. The first-order valence-corrected chi connectivity index (χ1v) is 14.5. The number of carbonyl (C=O) groups excluding carboxylic acids is 2. The molecule has 2 aromatic carbocycles. The fourth-order valence-corrected chi connectivity index (χ4v) is 6.25. The number of benzene rings is 2. The number of anilines is 2. The van der Waals surface area contributed by atoms with Gasteiger partial charge in [-0.05, 0) is 49.4 Å². The number of amides is 2. The average Bonchev–Trinajstić information content (AvgIpc) is 3.59. The van der Waals surface area contributed by atoms with E-state index in [0.717, 1.165) is 28.9 Å². The molecule has 0 bridgehead atoms. The summed E-state index contributed by atoms with van der Waals surface area (Å²) in [6, 6.07) is 16.7. The molecule has 6 rings (SSSR count). The number of piperidine rings is 1. The van der Waals surface area contributed by atoms with Crippen LogP contribution in [0.1, 0.15) is 32.6 Å². The second kappa shape index (κ2) is 10.5. The molecule has 212 valence electrons. The Labute approximate surface area is 248 Å². The van der Waals surface area contributed by atoms with Crippen molar-refractivity contribution in [1.29, 1.82) is 0 Å². The second-order valence-electron chi connectivity index (χ2n) is 11.1. The SMILES string of the molecule is CC1(C(N)=O)CCN(c2cc(N3CCC[C@H]3C(N)=O)nc3c(-c4ccc(Cl)cc4)c(-c4ccccc4Cl)nn23)CC1.